The summed E-state index contributed by atoms with van der Waals surface area (Å²) in [5.41, 5.74) is 2.89. The maximum Gasteiger partial charge on any atom is 0.306 e. The van der Waals surface area contributed by atoms with Crippen LogP contribution in [0, 0.1) is 12.3 Å². The predicted molar refractivity (Wildman–Crippen MR) is 39.3 cm³/mol. The van der Waals surface area contributed by atoms with Gasteiger partial charge in [0.1, 0.15) is 0 Å². The normalized spacial score (nSPS) is 27.5. The second kappa shape index (κ2) is 3.37. The second-order valence-corrected chi connectivity index (χ2v) is 2.39. The molecule has 0 amide bonds. The average molecular weight is 154 g/mol. The Bertz CT molecular complexity index is 197. The Morgan fingerprint density at radius 1 is 1.82 bits per heavy atom. The van der Waals surface area contributed by atoms with Crippen molar-refractivity contribution in [2.45, 2.75) is 19.0 Å². The van der Waals surface area contributed by atoms with E-state index in [1.165, 1.54) is 0 Å². The number of hydrazine groups is 1. The first-order valence-electron chi connectivity index (χ1n) is 3.42. The Balaban J connectivity index is 2.08. The maximum atomic E-state index is 10.2. The lowest BCUT2D eigenvalue weighted by atomic mass is 10.4. The Hall–Kier alpha value is -1.05. The third-order valence-corrected chi connectivity index (χ3v) is 1.49. The van der Waals surface area contributed by atoms with Gasteiger partial charge in [-0.05, 0) is 0 Å². The monoisotopic (exact) mass is 154 g/mol. The van der Waals surface area contributed by atoms with Crippen molar-refractivity contribution in [1.29, 1.82) is 0 Å². The first-order valence-corrected chi connectivity index (χ1v) is 3.42. The van der Waals surface area contributed by atoms with Crippen LogP contribution >= 0.6 is 0 Å². The van der Waals surface area contributed by atoms with Gasteiger partial charge in [0, 0.05) is 13.0 Å². The highest BCUT2D eigenvalue weighted by atomic mass is 16.4. The van der Waals surface area contributed by atoms with E-state index in [1.54, 1.807) is 0 Å². The molecule has 0 aromatic heterocycles. The summed E-state index contributed by atoms with van der Waals surface area (Å²) in [6.07, 6.45) is 5.83. The van der Waals surface area contributed by atoms with Gasteiger partial charge in [0.25, 0.3) is 0 Å². The summed E-state index contributed by atoms with van der Waals surface area (Å²) < 4.78 is 0. The molecule has 1 aliphatic heterocycles. The van der Waals surface area contributed by atoms with Gasteiger partial charge in [-0.2, -0.15) is 0 Å². The molecule has 0 spiro atoms. The number of nitrogens with zero attached hydrogens (tertiary/aromatic N) is 1. The molecule has 11 heavy (non-hydrogen) atoms. The fraction of sp³-hybridized carbons (Fsp3) is 0.571. The highest BCUT2D eigenvalue weighted by molar-refractivity contribution is 5.67. The van der Waals surface area contributed by atoms with Gasteiger partial charge in [0.15, 0.2) is 0 Å². The van der Waals surface area contributed by atoms with Crippen LogP contribution in [0.1, 0.15) is 12.8 Å². The van der Waals surface area contributed by atoms with Gasteiger partial charge in [-0.1, -0.05) is 0 Å². The number of hydrogen-bond donors (Lipinski definition) is 2. The van der Waals surface area contributed by atoms with Crippen LogP contribution in [0.5, 0.6) is 0 Å². The molecule has 1 aliphatic rings. The smallest absolute Gasteiger partial charge is 0.306 e. The molecule has 60 valence electrons. The van der Waals surface area contributed by atoms with Crippen molar-refractivity contribution in [3.05, 3.63) is 0 Å². The summed E-state index contributed by atoms with van der Waals surface area (Å²) >= 11 is 0. The summed E-state index contributed by atoms with van der Waals surface area (Å²) in [5.74, 6) is 1.70. The Labute approximate surface area is 65.2 Å². The Kier molecular flexibility index (Phi) is 2.47. The zero-order valence-corrected chi connectivity index (χ0v) is 6.08. The third kappa shape index (κ3) is 2.58. The molecule has 0 aromatic rings. The fourth-order valence-corrected chi connectivity index (χ4v) is 0.885. The average Bonchev–Trinajstić information content (AvgIpc) is 2.62. The van der Waals surface area contributed by atoms with Gasteiger partial charge in [-0.3, -0.25) is 4.79 Å². The minimum absolute atomic E-state index is 0.000787. The van der Waals surface area contributed by atoms with Crippen molar-refractivity contribution in [3.8, 4) is 12.3 Å². The number of carbonyl (C=O) groups is 1. The van der Waals surface area contributed by atoms with Crippen molar-refractivity contribution in [2.24, 2.45) is 0 Å². The minimum atomic E-state index is -0.786. The number of hydrogen-bond acceptors (Lipinski definition) is 3. The quantitative estimate of drug-likeness (QED) is 0.428. The maximum absolute atomic E-state index is 10.2. The van der Waals surface area contributed by atoms with Gasteiger partial charge in [0.05, 0.1) is 12.6 Å². The van der Waals surface area contributed by atoms with Crippen LogP contribution in [0.2, 0.25) is 0 Å². The highest BCUT2D eigenvalue weighted by Crippen LogP contribution is 2.12. The molecule has 2 N–H and O–H groups in total. The molecule has 0 bridgehead atoms. The van der Waals surface area contributed by atoms with Gasteiger partial charge in [0.2, 0.25) is 0 Å². The standard InChI is InChI=1S/C7H10N2O2/c1-2-3-4-9-6(8-9)5-7(10)11/h1,6,8H,3-5H2,(H,10,11). The number of nitrogens with one attached hydrogen (secondary N) is 1. The topological polar surface area (TPSA) is 62.2 Å². The van der Waals surface area contributed by atoms with Crippen molar-refractivity contribution in [2.75, 3.05) is 6.54 Å². The summed E-state index contributed by atoms with van der Waals surface area (Å²) in [6.45, 7) is 0.731. The van der Waals surface area contributed by atoms with Crippen molar-refractivity contribution in [1.82, 2.24) is 10.4 Å². The molecule has 1 rings (SSSR count). The first-order chi connectivity index (χ1) is 5.24. The van der Waals surface area contributed by atoms with Crippen LogP contribution in [0.25, 0.3) is 0 Å². The summed E-state index contributed by atoms with van der Waals surface area (Å²) in [7, 11) is 0. The molecule has 0 radical (unpaired) electrons. The number of carboxylic acids is 1. The van der Waals surface area contributed by atoms with E-state index >= 15 is 0 Å². The highest BCUT2D eigenvalue weighted by Gasteiger charge is 2.33. The van der Waals surface area contributed by atoms with E-state index < -0.39 is 5.97 Å². The summed E-state index contributed by atoms with van der Waals surface area (Å²) in [6, 6.07) is 0. The number of terminal acetylenes is 1. The molecule has 1 fully saturated rings. The first kappa shape index (κ1) is 8.05. The largest absolute Gasteiger partial charge is 0.481 e. The van der Waals surface area contributed by atoms with Crippen molar-refractivity contribution >= 4 is 5.97 Å². The molecule has 0 aliphatic carbocycles. The van der Waals surface area contributed by atoms with Crippen LogP contribution < -0.4 is 5.43 Å². The van der Waals surface area contributed by atoms with Crippen LogP contribution in [-0.2, 0) is 4.79 Å². The van der Waals surface area contributed by atoms with E-state index in [-0.39, 0.29) is 12.6 Å². The molecule has 2 unspecified atom stereocenters. The molecule has 2 atom stereocenters. The fourth-order valence-electron chi connectivity index (χ4n) is 0.885. The molecule has 1 saturated heterocycles. The molecule has 4 nitrogen and oxygen atoms in total. The van der Waals surface area contributed by atoms with Crippen LogP contribution in [0.15, 0.2) is 0 Å². The lowest BCUT2D eigenvalue weighted by Gasteiger charge is -1.92. The van der Waals surface area contributed by atoms with E-state index in [4.69, 9.17) is 11.5 Å². The van der Waals surface area contributed by atoms with E-state index in [0.717, 1.165) is 6.54 Å². The summed E-state index contributed by atoms with van der Waals surface area (Å²) in [5, 5.41) is 10.2. The minimum Gasteiger partial charge on any atom is -0.481 e. The van der Waals surface area contributed by atoms with Gasteiger partial charge in [-0.25, -0.2) is 10.4 Å². The van der Waals surface area contributed by atoms with Crippen molar-refractivity contribution < 1.29 is 9.90 Å². The zero-order valence-electron chi connectivity index (χ0n) is 6.08. The second-order valence-electron chi connectivity index (χ2n) is 2.39. The van der Waals surface area contributed by atoms with Gasteiger partial charge < -0.3 is 5.11 Å². The van der Waals surface area contributed by atoms with Crippen LogP contribution in [-0.4, -0.2) is 28.8 Å². The molecule has 1 heterocycles. The molecule has 4 heteroatoms. The van der Waals surface area contributed by atoms with Crippen LogP contribution in [0.4, 0.5) is 0 Å². The van der Waals surface area contributed by atoms with E-state index in [2.05, 4.69) is 11.3 Å². The van der Waals surface area contributed by atoms with E-state index in [9.17, 15) is 4.79 Å². The molecule has 0 aromatic carbocycles. The SMILES string of the molecule is C#CCCN1NC1CC(=O)O. The van der Waals surface area contributed by atoms with E-state index in [1.807, 2.05) is 5.01 Å². The Morgan fingerprint density at radius 2 is 2.55 bits per heavy atom. The number of rotatable bonds is 4. The summed E-state index contributed by atoms with van der Waals surface area (Å²) in [4.78, 5) is 10.2. The number of carboxylic acid groups (broad SMARTS) is 1. The van der Waals surface area contributed by atoms with Gasteiger partial charge >= 0.3 is 5.97 Å². The molecular formula is C7H10N2O2. The van der Waals surface area contributed by atoms with Crippen LogP contribution in [0.3, 0.4) is 0 Å². The third-order valence-electron chi connectivity index (χ3n) is 1.49. The zero-order chi connectivity index (χ0) is 8.27. The van der Waals surface area contributed by atoms with Crippen molar-refractivity contribution in [3.63, 3.8) is 0 Å². The molecular weight excluding hydrogens is 144 g/mol. The van der Waals surface area contributed by atoms with E-state index in [0.29, 0.717) is 6.42 Å². The molecule has 0 saturated carbocycles. The Morgan fingerprint density at radius 3 is 3.09 bits per heavy atom. The van der Waals surface area contributed by atoms with Gasteiger partial charge in [-0.15, -0.1) is 12.3 Å². The predicted octanol–water partition coefficient (Wildman–Crippen LogP) is -0.369. The lowest BCUT2D eigenvalue weighted by Crippen LogP contribution is -2.07. The number of aliphatic carboxylic acids is 1. The lowest BCUT2D eigenvalue weighted by molar-refractivity contribution is -0.137.